The van der Waals surface area contributed by atoms with Crippen LogP contribution in [-0.4, -0.2) is 38.7 Å². The average molecular weight is 653 g/mol. The van der Waals surface area contributed by atoms with Gasteiger partial charge in [0.15, 0.2) is 0 Å². The Labute approximate surface area is 262 Å². The number of benzene rings is 3. The zero-order chi connectivity index (χ0) is 31.6. The summed E-state index contributed by atoms with van der Waals surface area (Å²) in [5.74, 6) is 0.0889. The van der Waals surface area contributed by atoms with Crippen molar-refractivity contribution in [1.29, 1.82) is 0 Å². The fourth-order valence-electron chi connectivity index (χ4n) is 5.18. The molecule has 0 radical (unpaired) electrons. The van der Waals surface area contributed by atoms with Crippen molar-refractivity contribution in [1.82, 2.24) is 14.8 Å². The molecular formula is C31H30Cl2F3N3O3S. The van der Waals surface area contributed by atoms with Crippen LogP contribution in [0.25, 0.3) is 5.69 Å². The highest BCUT2D eigenvalue weighted by atomic mass is 35.5. The summed E-state index contributed by atoms with van der Waals surface area (Å²) in [5, 5.41) is 17.4. The first kappa shape index (κ1) is 32.9. The number of aliphatic hydroxyl groups is 1. The Morgan fingerprint density at radius 3 is 2.26 bits per heavy atom. The van der Waals surface area contributed by atoms with E-state index in [0.717, 1.165) is 34.4 Å². The summed E-state index contributed by atoms with van der Waals surface area (Å²) in [5.41, 5.74) is 3.00. The number of halogens is 5. The van der Waals surface area contributed by atoms with Crippen molar-refractivity contribution in [3.05, 3.63) is 97.3 Å². The van der Waals surface area contributed by atoms with E-state index in [4.69, 9.17) is 27.9 Å². The SMILES string of the molecule is COc1cc(C(CCCO)c2nnc(SC(=O)c3c(C)cc(C)cc3C)n2-c2cc(Cl)c(Cl)cc2C(F)(F)F)ccc1C. The van der Waals surface area contributed by atoms with Crippen LogP contribution in [-0.2, 0) is 6.18 Å². The summed E-state index contributed by atoms with van der Waals surface area (Å²) >= 11 is 13.0. The van der Waals surface area contributed by atoms with Crippen LogP contribution >= 0.6 is 35.0 Å². The van der Waals surface area contributed by atoms with Gasteiger partial charge in [0.1, 0.15) is 11.6 Å². The van der Waals surface area contributed by atoms with Crippen molar-refractivity contribution < 1.29 is 27.8 Å². The number of ether oxygens (including phenoxy) is 1. The third kappa shape index (κ3) is 7.03. The van der Waals surface area contributed by atoms with Gasteiger partial charge in [0.05, 0.1) is 28.4 Å². The first-order valence-electron chi connectivity index (χ1n) is 13.3. The number of aromatic nitrogens is 3. The van der Waals surface area contributed by atoms with E-state index in [2.05, 4.69) is 10.2 Å². The van der Waals surface area contributed by atoms with Crippen LogP contribution in [0.15, 0.2) is 47.6 Å². The van der Waals surface area contributed by atoms with Gasteiger partial charge in [0.2, 0.25) is 10.3 Å². The van der Waals surface area contributed by atoms with E-state index in [1.54, 1.807) is 19.9 Å². The van der Waals surface area contributed by atoms with Crippen molar-refractivity contribution in [2.24, 2.45) is 0 Å². The van der Waals surface area contributed by atoms with Gasteiger partial charge in [0, 0.05) is 18.1 Å². The summed E-state index contributed by atoms with van der Waals surface area (Å²) in [4.78, 5) is 13.7. The molecule has 0 spiro atoms. The minimum absolute atomic E-state index is 0.0728. The van der Waals surface area contributed by atoms with Crippen LogP contribution in [0, 0.1) is 27.7 Å². The molecule has 4 rings (SSSR count). The molecule has 0 saturated heterocycles. The van der Waals surface area contributed by atoms with Gasteiger partial charge in [0.25, 0.3) is 0 Å². The fraction of sp³-hybridized carbons (Fsp3) is 0.323. The van der Waals surface area contributed by atoms with E-state index < -0.39 is 22.8 Å². The normalized spacial score (nSPS) is 12.4. The molecule has 0 bridgehead atoms. The lowest BCUT2D eigenvalue weighted by molar-refractivity contribution is -0.137. The summed E-state index contributed by atoms with van der Waals surface area (Å²) in [6.07, 6.45) is -4.18. The zero-order valence-corrected chi connectivity index (χ0v) is 26.5. The molecule has 1 heterocycles. The van der Waals surface area contributed by atoms with Gasteiger partial charge in [-0.15, -0.1) is 10.2 Å². The first-order valence-corrected chi connectivity index (χ1v) is 14.9. The van der Waals surface area contributed by atoms with Crippen LogP contribution < -0.4 is 4.74 Å². The van der Waals surface area contributed by atoms with Gasteiger partial charge in [-0.3, -0.25) is 9.36 Å². The number of thioether (sulfide) groups is 1. The number of nitrogens with zero attached hydrogens (tertiary/aromatic N) is 3. The Kier molecular flexibility index (Phi) is 10.2. The third-order valence-electron chi connectivity index (χ3n) is 7.11. The van der Waals surface area contributed by atoms with Crippen LogP contribution in [0.5, 0.6) is 5.75 Å². The molecule has 1 atom stereocenters. The van der Waals surface area contributed by atoms with Crippen LogP contribution in [0.3, 0.4) is 0 Å². The van der Waals surface area contributed by atoms with Crippen LogP contribution in [0.2, 0.25) is 10.0 Å². The molecule has 0 aliphatic heterocycles. The van der Waals surface area contributed by atoms with E-state index in [9.17, 15) is 23.1 Å². The van der Waals surface area contributed by atoms with Gasteiger partial charge in [-0.05, 0) is 92.8 Å². The Morgan fingerprint density at radius 2 is 1.65 bits per heavy atom. The number of hydrogen-bond acceptors (Lipinski definition) is 6. The van der Waals surface area contributed by atoms with Crippen molar-refractivity contribution in [2.45, 2.75) is 57.8 Å². The second-order valence-corrected chi connectivity index (χ2v) is 12.0. The lowest BCUT2D eigenvalue weighted by Gasteiger charge is -2.22. The second-order valence-electron chi connectivity index (χ2n) is 10.3. The summed E-state index contributed by atoms with van der Waals surface area (Å²) in [6, 6.07) is 11.0. The predicted octanol–water partition coefficient (Wildman–Crippen LogP) is 8.67. The Morgan fingerprint density at radius 1 is 1.00 bits per heavy atom. The number of methoxy groups -OCH3 is 1. The zero-order valence-electron chi connectivity index (χ0n) is 24.1. The molecule has 4 aromatic rings. The molecule has 1 aromatic heterocycles. The van der Waals surface area contributed by atoms with Gasteiger partial charge >= 0.3 is 6.18 Å². The minimum atomic E-state index is -4.82. The van der Waals surface area contributed by atoms with Gasteiger partial charge < -0.3 is 9.84 Å². The van der Waals surface area contributed by atoms with Gasteiger partial charge in [-0.2, -0.15) is 13.2 Å². The highest BCUT2D eigenvalue weighted by molar-refractivity contribution is 8.14. The molecule has 228 valence electrons. The van der Waals surface area contributed by atoms with E-state index in [1.807, 2.05) is 38.1 Å². The molecule has 0 fully saturated rings. The first-order chi connectivity index (χ1) is 20.3. The van der Waals surface area contributed by atoms with E-state index >= 15 is 0 Å². The topological polar surface area (TPSA) is 77.2 Å². The quantitative estimate of drug-likeness (QED) is 0.183. The van der Waals surface area contributed by atoms with Crippen molar-refractivity contribution in [3.8, 4) is 11.4 Å². The number of carbonyl (C=O) groups is 1. The van der Waals surface area contributed by atoms with E-state index in [-0.39, 0.29) is 33.3 Å². The Bertz CT molecular complexity index is 1650. The highest BCUT2D eigenvalue weighted by Crippen LogP contribution is 2.42. The number of hydrogen-bond donors (Lipinski definition) is 1. The van der Waals surface area contributed by atoms with Gasteiger partial charge in [-0.1, -0.05) is 53.0 Å². The van der Waals surface area contributed by atoms with Crippen molar-refractivity contribution in [2.75, 3.05) is 13.7 Å². The molecule has 0 saturated carbocycles. The molecular weight excluding hydrogens is 622 g/mol. The average Bonchev–Trinajstić information content (AvgIpc) is 3.32. The maximum Gasteiger partial charge on any atom is 0.418 e. The highest BCUT2D eigenvalue weighted by Gasteiger charge is 2.37. The minimum Gasteiger partial charge on any atom is -0.496 e. The number of carbonyl (C=O) groups excluding carboxylic acids is 1. The van der Waals surface area contributed by atoms with E-state index in [0.29, 0.717) is 41.5 Å². The molecule has 12 heteroatoms. The predicted molar refractivity (Wildman–Crippen MR) is 163 cm³/mol. The van der Waals surface area contributed by atoms with E-state index in [1.165, 1.54) is 11.7 Å². The maximum atomic E-state index is 14.5. The largest absolute Gasteiger partial charge is 0.496 e. The second kappa shape index (κ2) is 13.3. The number of aliphatic hydroxyl groups excluding tert-OH is 1. The molecule has 1 unspecified atom stereocenters. The standard InChI is InChI=1S/C31H30Cl2F3N3O3S/c1-16-11-18(3)27(19(4)12-16)29(41)43-30-38-37-28(21(7-6-10-40)20-9-8-17(2)26(13-20)42-5)39(30)25-15-24(33)23(32)14-22(25)31(34,35)36/h8-9,11-15,21,40H,6-7,10H2,1-5H3. The Balaban J connectivity index is 1.99. The lowest BCUT2D eigenvalue weighted by Crippen LogP contribution is -2.16. The summed E-state index contributed by atoms with van der Waals surface area (Å²) in [7, 11) is 1.53. The molecule has 0 amide bonds. The van der Waals surface area contributed by atoms with Crippen LogP contribution in [0.4, 0.5) is 13.2 Å². The Hall–Kier alpha value is -3.05. The van der Waals surface area contributed by atoms with Crippen LogP contribution in [0.1, 0.15) is 68.3 Å². The molecule has 0 aliphatic carbocycles. The monoisotopic (exact) mass is 651 g/mol. The maximum absolute atomic E-state index is 14.5. The summed E-state index contributed by atoms with van der Waals surface area (Å²) in [6.45, 7) is 7.25. The number of rotatable bonds is 9. The molecule has 3 aromatic carbocycles. The molecule has 43 heavy (non-hydrogen) atoms. The van der Waals surface area contributed by atoms with Crippen molar-refractivity contribution >= 4 is 40.1 Å². The molecule has 6 nitrogen and oxygen atoms in total. The number of alkyl halides is 3. The van der Waals surface area contributed by atoms with Crippen molar-refractivity contribution in [3.63, 3.8) is 0 Å². The smallest absolute Gasteiger partial charge is 0.418 e. The molecule has 0 aliphatic rings. The third-order valence-corrected chi connectivity index (χ3v) is 8.66. The molecule has 1 N–H and O–H groups in total. The van der Waals surface area contributed by atoms with Gasteiger partial charge in [-0.25, -0.2) is 0 Å². The summed E-state index contributed by atoms with van der Waals surface area (Å²) < 4.78 is 50.2. The fourth-order valence-corrected chi connectivity index (χ4v) is 6.45. The number of aryl methyl sites for hydroxylation is 4. The lowest BCUT2D eigenvalue weighted by atomic mass is 9.92.